The summed E-state index contributed by atoms with van der Waals surface area (Å²) < 4.78 is 0. The Morgan fingerprint density at radius 2 is 1.75 bits per heavy atom. The summed E-state index contributed by atoms with van der Waals surface area (Å²) in [6.07, 6.45) is 4.25. The summed E-state index contributed by atoms with van der Waals surface area (Å²) >= 11 is 0. The van der Waals surface area contributed by atoms with Crippen LogP contribution in [0.15, 0.2) is 12.4 Å². The number of rotatable bonds is 3. The summed E-state index contributed by atoms with van der Waals surface area (Å²) in [6, 6.07) is 1.98. The highest BCUT2D eigenvalue weighted by molar-refractivity contribution is 5.83. The lowest BCUT2D eigenvalue weighted by Crippen LogP contribution is -2.52. The Bertz CT molecular complexity index is 724. The second kappa shape index (κ2) is 8.32. The molecule has 0 bridgehead atoms. The number of carbonyl (C=O) groups excluding carboxylic acids is 2. The highest BCUT2D eigenvalue weighted by Crippen LogP contribution is 2.34. The monoisotopic (exact) mass is 388 g/mol. The van der Waals surface area contributed by atoms with Crippen molar-refractivity contribution in [2.75, 3.05) is 63.2 Å². The minimum absolute atomic E-state index is 0.0878. The Labute approximate surface area is 167 Å². The summed E-state index contributed by atoms with van der Waals surface area (Å²) in [5.41, 5.74) is -0.438. The number of anilines is 2. The average Bonchev–Trinajstić information content (AvgIpc) is 2.94. The van der Waals surface area contributed by atoms with E-state index in [2.05, 4.69) is 21.8 Å². The fourth-order valence-corrected chi connectivity index (χ4v) is 4.18. The summed E-state index contributed by atoms with van der Waals surface area (Å²) in [6.45, 7) is 7.91. The van der Waals surface area contributed by atoms with E-state index in [1.807, 2.05) is 34.9 Å². The first-order chi connectivity index (χ1) is 13.3. The van der Waals surface area contributed by atoms with Crippen molar-refractivity contribution in [3.63, 3.8) is 0 Å². The first kappa shape index (κ1) is 20.4. The van der Waals surface area contributed by atoms with Crippen molar-refractivity contribution in [3.8, 4) is 0 Å². The van der Waals surface area contributed by atoms with Gasteiger partial charge in [0, 0.05) is 66.4 Å². The third-order valence-corrected chi connectivity index (χ3v) is 5.86. The first-order valence-corrected chi connectivity index (χ1v) is 10.1. The minimum atomic E-state index is -0.438. The standard InChI is InChI=1S/C20H32N6O2/c1-16(27)24-9-6-10-25(12-11-24)19(28)20(2)7-5-8-26(14-20)18-13-17(23(3)4)21-15-22-18/h13,15H,5-12,14H2,1-4H3. The molecule has 0 radical (unpaired) electrons. The summed E-state index contributed by atoms with van der Waals surface area (Å²) in [5.74, 6) is 2.02. The number of nitrogens with zero attached hydrogens (tertiary/aromatic N) is 6. The molecule has 2 fully saturated rings. The lowest BCUT2D eigenvalue weighted by Gasteiger charge is -2.42. The van der Waals surface area contributed by atoms with Crippen LogP contribution in [0.5, 0.6) is 0 Å². The molecule has 1 unspecified atom stereocenters. The number of hydrogen-bond donors (Lipinski definition) is 0. The van der Waals surface area contributed by atoms with E-state index in [9.17, 15) is 9.59 Å². The second-order valence-corrected chi connectivity index (χ2v) is 8.37. The predicted octanol–water partition coefficient (Wildman–Crippen LogP) is 1.23. The molecule has 154 valence electrons. The van der Waals surface area contributed by atoms with Gasteiger partial charge >= 0.3 is 0 Å². The summed E-state index contributed by atoms with van der Waals surface area (Å²) in [5, 5.41) is 0. The average molecular weight is 389 g/mol. The van der Waals surface area contributed by atoms with E-state index in [0.717, 1.165) is 50.5 Å². The lowest BCUT2D eigenvalue weighted by atomic mass is 9.80. The van der Waals surface area contributed by atoms with Crippen molar-refractivity contribution >= 4 is 23.5 Å². The van der Waals surface area contributed by atoms with Crippen molar-refractivity contribution < 1.29 is 9.59 Å². The molecule has 1 aromatic heterocycles. The van der Waals surface area contributed by atoms with Gasteiger partial charge in [0.15, 0.2) is 0 Å². The van der Waals surface area contributed by atoms with Crippen molar-refractivity contribution in [1.82, 2.24) is 19.8 Å². The third-order valence-electron chi connectivity index (χ3n) is 5.86. The van der Waals surface area contributed by atoms with E-state index in [-0.39, 0.29) is 11.8 Å². The second-order valence-electron chi connectivity index (χ2n) is 8.37. The van der Waals surface area contributed by atoms with Crippen LogP contribution in [-0.4, -0.2) is 84.9 Å². The van der Waals surface area contributed by atoms with Gasteiger partial charge in [-0.05, 0) is 26.2 Å². The molecule has 0 saturated carbocycles. The van der Waals surface area contributed by atoms with Crippen molar-refractivity contribution in [3.05, 3.63) is 12.4 Å². The fraction of sp³-hybridized carbons (Fsp3) is 0.700. The molecule has 3 heterocycles. The number of hydrogen-bond acceptors (Lipinski definition) is 6. The Morgan fingerprint density at radius 1 is 1.04 bits per heavy atom. The van der Waals surface area contributed by atoms with Gasteiger partial charge in [0.25, 0.3) is 0 Å². The quantitative estimate of drug-likeness (QED) is 0.776. The van der Waals surface area contributed by atoms with Crippen molar-refractivity contribution in [2.24, 2.45) is 5.41 Å². The summed E-state index contributed by atoms with van der Waals surface area (Å²) in [7, 11) is 3.92. The molecule has 8 heteroatoms. The zero-order valence-electron chi connectivity index (χ0n) is 17.5. The van der Waals surface area contributed by atoms with E-state index >= 15 is 0 Å². The van der Waals surface area contributed by atoms with Gasteiger partial charge in [-0.1, -0.05) is 0 Å². The Balaban J connectivity index is 1.71. The van der Waals surface area contributed by atoms with E-state index in [1.165, 1.54) is 0 Å². The van der Waals surface area contributed by atoms with Crippen LogP contribution in [0.1, 0.15) is 33.1 Å². The minimum Gasteiger partial charge on any atom is -0.363 e. The third kappa shape index (κ3) is 4.36. The zero-order chi connectivity index (χ0) is 20.3. The first-order valence-electron chi connectivity index (χ1n) is 10.1. The summed E-state index contributed by atoms with van der Waals surface area (Å²) in [4.78, 5) is 41.8. The van der Waals surface area contributed by atoms with Crippen LogP contribution in [0.2, 0.25) is 0 Å². The maximum absolute atomic E-state index is 13.4. The largest absolute Gasteiger partial charge is 0.363 e. The molecule has 0 N–H and O–H groups in total. The number of amides is 2. The maximum atomic E-state index is 13.4. The van der Waals surface area contributed by atoms with Gasteiger partial charge in [-0.25, -0.2) is 9.97 Å². The highest BCUT2D eigenvalue weighted by Gasteiger charge is 2.41. The molecular weight excluding hydrogens is 356 g/mol. The smallest absolute Gasteiger partial charge is 0.230 e. The molecule has 1 aromatic rings. The molecule has 0 aromatic carbocycles. The van der Waals surface area contributed by atoms with E-state index in [0.29, 0.717) is 19.6 Å². The van der Waals surface area contributed by atoms with E-state index in [1.54, 1.807) is 13.3 Å². The normalized spacial score (nSPS) is 23.4. The van der Waals surface area contributed by atoms with Gasteiger partial charge in [0.2, 0.25) is 11.8 Å². The van der Waals surface area contributed by atoms with Gasteiger partial charge < -0.3 is 19.6 Å². The molecule has 0 aliphatic carbocycles. The molecule has 2 amide bonds. The molecule has 2 saturated heterocycles. The zero-order valence-corrected chi connectivity index (χ0v) is 17.5. The van der Waals surface area contributed by atoms with Crippen LogP contribution in [0.25, 0.3) is 0 Å². The molecule has 2 aliphatic rings. The van der Waals surface area contributed by atoms with Gasteiger partial charge in [0.05, 0.1) is 5.41 Å². The van der Waals surface area contributed by atoms with Gasteiger partial charge in [0.1, 0.15) is 18.0 Å². The molecule has 2 aliphatic heterocycles. The van der Waals surface area contributed by atoms with Gasteiger partial charge in [-0.2, -0.15) is 0 Å². The lowest BCUT2D eigenvalue weighted by molar-refractivity contribution is -0.142. The van der Waals surface area contributed by atoms with Crippen LogP contribution >= 0.6 is 0 Å². The predicted molar refractivity (Wildman–Crippen MR) is 109 cm³/mol. The highest BCUT2D eigenvalue weighted by atomic mass is 16.2. The Kier molecular flexibility index (Phi) is 6.05. The molecule has 1 atom stereocenters. The van der Waals surface area contributed by atoms with E-state index < -0.39 is 5.41 Å². The maximum Gasteiger partial charge on any atom is 0.230 e. The molecule has 28 heavy (non-hydrogen) atoms. The van der Waals surface area contributed by atoms with Crippen molar-refractivity contribution in [2.45, 2.75) is 33.1 Å². The fourth-order valence-electron chi connectivity index (χ4n) is 4.18. The van der Waals surface area contributed by atoms with Crippen LogP contribution < -0.4 is 9.80 Å². The Hall–Kier alpha value is -2.38. The van der Waals surface area contributed by atoms with E-state index in [4.69, 9.17) is 0 Å². The topological polar surface area (TPSA) is 72.9 Å². The van der Waals surface area contributed by atoms with Gasteiger partial charge in [-0.15, -0.1) is 0 Å². The molecule has 3 rings (SSSR count). The molecule has 0 spiro atoms. The SMILES string of the molecule is CC(=O)N1CCCN(C(=O)C2(C)CCCN(c3cc(N(C)C)ncn3)C2)CC1. The number of piperidine rings is 1. The number of aromatic nitrogens is 2. The number of carbonyl (C=O) groups is 2. The van der Waals surface area contributed by atoms with Crippen LogP contribution in [0, 0.1) is 5.41 Å². The van der Waals surface area contributed by atoms with Crippen molar-refractivity contribution in [1.29, 1.82) is 0 Å². The van der Waals surface area contributed by atoms with Crippen LogP contribution in [0.3, 0.4) is 0 Å². The van der Waals surface area contributed by atoms with Crippen LogP contribution in [-0.2, 0) is 9.59 Å². The van der Waals surface area contributed by atoms with Crippen LogP contribution in [0.4, 0.5) is 11.6 Å². The van der Waals surface area contributed by atoms with Gasteiger partial charge in [-0.3, -0.25) is 9.59 Å². The molecular formula is C20H32N6O2. The molecule has 8 nitrogen and oxygen atoms in total. The Morgan fingerprint density at radius 3 is 2.46 bits per heavy atom.